The number of rotatable bonds is 5. The van der Waals surface area contributed by atoms with Crippen LogP contribution < -0.4 is 5.73 Å². The zero-order chi connectivity index (χ0) is 14.0. The zero-order valence-electron chi connectivity index (χ0n) is 12.2. The number of hydrogen-bond acceptors (Lipinski definition) is 3. The van der Waals surface area contributed by atoms with E-state index in [0.29, 0.717) is 0 Å². The number of nitrogens with two attached hydrogens (primary N) is 1. The summed E-state index contributed by atoms with van der Waals surface area (Å²) in [6.07, 6.45) is 3.63. The standard InChI is InChI=1S/C14H23N5/c1-5-11-7-12(19(6-2)17-11)8-14(15)13-9-16-18(4)10(13)3/h7,9,14H,5-6,8,15H2,1-4H3. The summed E-state index contributed by atoms with van der Waals surface area (Å²) < 4.78 is 3.91. The van der Waals surface area contributed by atoms with E-state index in [9.17, 15) is 0 Å². The van der Waals surface area contributed by atoms with Crippen LogP contribution in [0.3, 0.4) is 0 Å². The Balaban J connectivity index is 2.21. The average Bonchev–Trinajstić information content (AvgIpc) is 2.94. The van der Waals surface area contributed by atoms with Crippen LogP contribution in [0.1, 0.15) is 42.5 Å². The third kappa shape index (κ3) is 2.71. The van der Waals surface area contributed by atoms with E-state index >= 15 is 0 Å². The Morgan fingerprint density at radius 2 is 2.11 bits per heavy atom. The molecular weight excluding hydrogens is 238 g/mol. The lowest BCUT2D eigenvalue weighted by atomic mass is 10.0. The van der Waals surface area contributed by atoms with Gasteiger partial charge in [-0.25, -0.2) is 0 Å². The van der Waals surface area contributed by atoms with Crippen LogP contribution in [0, 0.1) is 6.92 Å². The third-order valence-electron chi connectivity index (χ3n) is 3.68. The van der Waals surface area contributed by atoms with Crippen molar-refractivity contribution >= 4 is 0 Å². The molecule has 0 amide bonds. The molecule has 2 N–H and O–H groups in total. The minimum atomic E-state index is -0.0274. The highest BCUT2D eigenvalue weighted by Crippen LogP contribution is 2.19. The molecule has 104 valence electrons. The maximum atomic E-state index is 6.32. The molecule has 0 spiro atoms. The Bertz CT molecular complexity index is 552. The number of hydrogen-bond donors (Lipinski definition) is 1. The van der Waals surface area contributed by atoms with Crippen molar-refractivity contribution in [2.24, 2.45) is 12.8 Å². The molecule has 1 atom stereocenters. The van der Waals surface area contributed by atoms with Crippen LogP contribution in [0.15, 0.2) is 12.3 Å². The molecule has 0 fully saturated rings. The highest BCUT2D eigenvalue weighted by molar-refractivity contribution is 5.23. The van der Waals surface area contributed by atoms with Gasteiger partial charge in [-0.05, 0) is 26.3 Å². The van der Waals surface area contributed by atoms with Crippen molar-refractivity contribution in [1.82, 2.24) is 19.6 Å². The minimum absolute atomic E-state index is 0.0274. The zero-order valence-corrected chi connectivity index (χ0v) is 12.2. The molecule has 0 bridgehead atoms. The first kappa shape index (κ1) is 13.8. The van der Waals surface area contributed by atoms with Crippen molar-refractivity contribution in [3.8, 4) is 0 Å². The molecule has 0 aromatic carbocycles. The first-order chi connectivity index (χ1) is 9.06. The van der Waals surface area contributed by atoms with E-state index in [4.69, 9.17) is 5.73 Å². The van der Waals surface area contributed by atoms with Crippen molar-refractivity contribution < 1.29 is 0 Å². The molecule has 0 saturated carbocycles. The molecule has 2 rings (SSSR count). The molecule has 19 heavy (non-hydrogen) atoms. The van der Waals surface area contributed by atoms with Gasteiger partial charge in [-0.3, -0.25) is 9.36 Å². The van der Waals surface area contributed by atoms with Crippen molar-refractivity contribution in [3.63, 3.8) is 0 Å². The van der Waals surface area contributed by atoms with Crippen molar-refractivity contribution in [1.29, 1.82) is 0 Å². The molecule has 5 heteroatoms. The lowest BCUT2D eigenvalue weighted by Crippen LogP contribution is -2.16. The van der Waals surface area contributed by atoms with Gasteiger partial charge in [0.15, 0.2) is 0 Å². The minimum Gasteiger partial charge on any atom is -0.324 e. The molecule has 0 aliphatic carbocycles. The predicted molar refractivity (Wildman–Crippen MR) is 75.9 cm³/mol. The average molecular weight is 261 g/mol. The van der Waals surface area contributed by atoms with Gasteiger partial charge in [0.25, 0.3) is 0 Å². The monoisotopic (exact) mass is 261 g/mol. The highest BCUT2D eigenvalue weighted by Gasteiger charge is 2.16. The van der Waals surface area contributed by atoms with Crippen LogP contribution in [0.4, 0.5) is 0 Å². The van der Waals surface area contributed by atoms with Gasteiger partial charge >= 0.3 is 0 Å². The summed E-state index contributed by atoms with van der Waals surface area (Å²) in [5.74, 6) is 0. The smallest absolute Gasteiger partial charge is 0.0624 e. The van der Waals surface area contributed by atoms with Gasteiger partial charge in [-0.2, -0.15) is 10.2 Å². The molecule has 0 aliphatic rings. The summed E-state index contributed by atoms with van der Waals surface area (Å²) in [5, 5.41) is 8.82. The molecular formula is C14H23N5. The third-order valence-corrected chi connectivity index (χ3v) is 3.68. The predicted octanol–water partition coefficient (Wildman–Crippen LogP) is 1.75. The summed E-state index contributed by atoms with van der Waals surface area (Å²) in [4.78, 5) is 0. The van der Waals surface area contributed by atoms with Gasteiger partial charge in [0, 0.05) is 43.0 Å². The van der Waals surface area contributed by atoms with E-state index in [1.807, 2.05) is 22.6 Å². The van der Waals surface area contributed by atoms with Gasteiger partial charge in [0.05, 0.1) is 11.9 Å². The molecule has 0 aliphatic heterocycles. The molecule has 2 aromatic rings. The maximum Gasteiger partial charge on any atom is 0.0624 e. The van der Waals surface area contributed by atoms with Crippen molar-refractivity contribution in [2.75, 3.05) is 0 Å². The summed E-state index contributed by atoms with van der Waals surface area (Å²) in [6, 6.07) is 2.13. The molecule has 0 saturated heterocycles. The molecule has 5 nitrogen and oxygen atoms in total. The summed E-state index contributed by atoms with van der Waals surface area (Å²) in [7, 11) is 1.94. The van der Waals surface area contributed by atoms with Crippen molar-refractivity contribution in [2.45, 2.75) is 46.2 Å². The van der Waals surface area contributed by atoms with Crippen LogP contribution in [0.25, 0.3) is 0 Å². The topological polar surface area (TPSA) is 61.7 Å². The molecule has 2 heterocycles. The first-order valence-corrected chi connectivity index (χ1v) is 6.86. The largest absolute Gasteiger partial charge is 0.324 e. The van der Waals surface area contributed by atoms with Crippen LogP contribution in [-0.4, -0.2) is 19.6 Å². The normalized spacial score (nSPS) is 12.9. The quantitative estimate of drug-likeness (QED) is 0.892. The maximum absolute atomic E-state index is 6.32. The number of nitrogens with zero attached hydrogens (tertiary/aromatic N) is 4. The summed E-state index contributed by atoms with van der Waals surface area (Å²) in [6.45, 7) is 7.17. The van der Waals surface area contributed by atoms with Crippen LogP contribution >= 0.6 is 0 Å². The molecule has 0 radical (unpaired) electrons. The van der Waals surface area contributed by atoms with Crippen LogP contribution in [-0.2, 0) is 26.4 Å². The fourth-order valence-electron chi connectivity index (χ4n) is 2.34. The Morgan fingerprint density at radius 3 is 2.63 bits per heavy atom. The fraction of sp³-hybridized carbons (Fsp3) is 0.571. The van der Waals surface area contributed by atoms with E-state index in [0.717, 1.165) is 36.3 Å². The summed E-state index contributed by atoms with van der Waals surface area (Å²) in [5.41, 5.74) is 10.9. The number of aryl methyl sites for hydroxylation is 3. The Morgan fingerprint density at radius 1 is 1.37 bits per heavy atom. The van der Waals surface area contributed by atoms with E-state index < -0.39 is 0 Å². The SMILES string of the molecule is CCc1cc(CC(N)c2cnn(C)c2C)n(CC)n1. The van der Waals surface area contributed by atoms with Gasteiger partial charge in [-0.1, -0.05) is 6.92 Å². The van der Waals surface area contributed by atoms with Crippen molar-refractivity contribution in [3.05, 3.63) is 34.9 Å². The van der Waals surface area contributed by atoms with E-state index in [1.165, 1.54) is 5.69 Å². The highest BCUT2D eigenvalue weighted by atomic mass is 15.3. The van der Waals surface area contributed by atoms with E-state index in [2.05, 4.69) is 37.0 Å². The Kier molecular flexibility index (Phi) is 4.04. The number of aromatic nitrogens is 4. The van der Waals surface area contributed by atoms with Gasteiger partial charge < -0.3 is 5.73 Å². The van der Waals surface area contributed by atoms with E-state index in [1.54, 1.807) is 0 Å². The van der Waals surface area contributed by atoms with Crippen LogP contribution in [0.2, 0.25) is 0 Å². The molecule has 2 aromatic heterocycles. The summed E-state index contributed by atoms with van der Waals surface area (Å²) >= 11 is 0. The Labute approximate surface area is 114 Å². The van der Waals surface area contributed by atoms with E-state index in [-0.39, 0.29) is 6.04 Å². The second-order valence-corrected chi connectivity index (χ2v) is 4.92. The van der Waals surface area contributed by atoms with Crippen LogP contribution in [0.5, 0.6) is 0 Å². The second kappa shape index (κ2) is 5.57. The first-order valence-electron chi connectivity index (χ1n) is 6.86. The van der Waals surface area contributed by atoms with Gasteiger partial charge in [-0.15, -0.1) is 0 Å². The second-order valence-electron chi connectivity index (χ2n) is 4.92. The lowest BCUT2D eigenvalue weighted by molar-refractivity contribution is 0.584. The fourth-order valence-corrected chi connectivity index (χ4v) is 2.34. The Hall–Kier alpha value is -1.62. The van der Waals surface area contributed by atoms with Gasteiger partial charge in [0.2, 0.25) is 0 Å². The molecule has 1 unspecified atom stereocenters. The lowest BCUT2D eigenvalue weighted by Gasteiger charge is -2.12. The van der Waals surface area contributed by atoms with Gasteiger partial charge in [0.1, 0.15) is 0 Å².